The minimum absolute atomic E-state index is 0.140. The number of amides is 1. The first kappa shape index (κ1) is 43.2. The van der Waals surface area contributed by atoms with Crippen molar-refractivity contribution >= 4 is 42.9 Å². The quantitative estimate of drug-likeness (QED) is 0.101. The fourth-order valence-corrected chi connectivity index (χ4v) is 6.62. The average molecular weight is 794 g/mol. The Morgan fingerprint density at radius 3 is 2.05 bits per heavy atom. The molecule has 20 heteroatoms. The lowest BCUT2D eigenvalue weighted by Crippen LogP contribution is -2.44. The van der Waals surface area contributed by atoms with Crippen LogP contribution in [0.5, 0.6) is 5.75 Å². The number of benzene rings is 1. The normalized spacial score (nSPS) is 21.6. The summed E-state index contributed by atoms with van der Waals surface area (Å²) in [5, 5.41) is 9.63. The number of rotatable bonds is 19. The van der Waals surface area contributed by atoms with Crippen molar-refractivity contribution in [2.45, 2.75) is 96.4 Å². The van der Waals surface area contributed by atoms with Crippen molar-refractivity contribution in [1.82, 2.24) is 19.7 Å². The largest absolute Gasteiger partial charge is 0.462 e. The van der Waals surface area contributed by atoms with Crippen LogP contribution in [0.3, 0.4) is 0 Å². The second kappa shape index (κ2) is 19.4. The summed E-state index contributed by atoms with van der Waals surface area (Å²) >= 11 is 0. The van der Waals surface area contributed by atoms with Crippen molar-refractivity contribution in [2.75, 3.05) is 33.3 Å². The van der Waals surface area contributed by atoms with Gasteiger partial charge >= 0.3 is 25.7 Å². The van der Waals surface area contributed by atoms with E-state index in [0.29, 0.717) is 5.52 Å². The fourth-order valence-electron chi connectivity index (χ4n) is 5.12. The number of nitrogens with one attached hydrogen (secondary N) is 2. The molecule has 0 aliphatic carbocycles. The van der Waals surface area contributed by atoms with Gasteiger partial charge in [0, 0.05) is 21.3 Å². The first-order valence-corrected chi connectivity index (χ1v) is 18.9. The van der Waals surface area contributed by atoms with E-state index in [1.54, 1.807) is 51.1 Å². The van der Waals surface area contributed by atoms with Crippen molar-refractivity contribution in [3.8, 4) is 5.75 Å². The molecule has 5 unspecified atom stereocenters. The number of para-hydroxylation sites is 1. The molecule has 0 bridgehead atoms. The highest BCUT2D eigenvalue weighted by atomic mass is 31.2. The Morgan fingerprint density at radius 1 is 0.836 bits per heavy atom. The number of carbonyl (C=O) groups excluding carboxylic acids is 4. The highest BCUT2D eigenvalue weighted by Crippen LogP contribution is 2.47. The van der Waals surface area contributed by atoms with Crippen LogP contribution >= 0.6 is 7.75 Å². The summed E-state index contributed by atoms with van der Waals surface area (Å²) in [5.74, 6) is -2.57. The lowest BCUT2D eigenvalue weighted by atomic mass is 10.0. The molecule has 0 spiro atoms. The van der Waals surface area contributed by atoms with Gasteiger partial charge in [0.1, 0.15) is 41.9 Å². The van der Waals surface area contributed by atoms with Gasteiger partial charge in [-0.05, 0) is 65.8 Å². The highest BCUT2D eigenvalue weighted by molar-refractivity contribution is 7.52. The molecule has 9 atom stereocenters. The van der Waals surface area contributed by atoms with Crippen molar-refractivity contribution in [2.24, 2.45) is 0 Å². The standard InChI is InChI=1S/C35H48N5O14P/c1-19(2)50-33(42)20(3)39-55(45,54-24-13-11-10-12-14-24)49-17-27-29(52-34(43)22(5)47-8)30(53-35(44)23(6)48-9)28(51-27)25-15-16-26-31(36-18-37-40(25)26)38-32(41)21(4)46-7/h10-16,18-23,27-30H,17H2,1-9H3,(H,39,45)(H,36,37,38,41)/t20-,21+,22+,23?,27?,28?,29?,30?,55-/m0/s1. The fraction of sp³-hybridized carbons (Fsp3) is 0.543. The lowest BCUT2D eigenvalue weighted by molar-refractivity contribution is -0.178. The molecule has 1 aliphatic rings. The molecule has 1 amide bonds. The second-order valence-corrected chi connectivity index (χ2v) is 14.4. The smallest absolute Gasteiger partial charge is 0.459 e. The van der Waals surface area contributed by atoms with Crippen LogP contribution in [-0.2, 0) is 61.4 Å². The van der Waals surface area contributed by atoms with Gasteiger partial charge in [0.05, 0.1) is 18.4 Å². The second-order valence-electron chi connectivity index (χ2n) is 12.7. The van der Waals surface area contributed by atoms with Crippen LogP contribution in [0.4, 0.5) is 5.82 Å². The molecule has 0 saturated carbocycles. The molecule has 4 rings (SSSR count). The van der Waals surface area contributed by atoms with E-state index in [1.807, 2.05) is 0 Å². The Kier molecular flexibility index (Phi) is 15.2. The van der Waals surface area contributed by atoms with Gasteiger partial charge in [-0.1, -0.05) is 18.2 Å². The van der Waals surface area contributed by atoms with Crippen molar-refractivity contribution < 1.29 is 65.9 Å². The number of methoxy groups -OCH3 is 3. The lowest BCUT2D eigenvalue weighted by Gasteiger charge is -2.27. The maximum absolute atomic E-state index is 14.4. The van der Waals surface area contributed by atoms with E-state index in [0.717, 1.165) is 0 Å². The average Bonchev–Trinajstić information content (AvgIpc) is 3.74. The Hall–Kier alpha value is -4.49. The zero-order chi connectivity index (χ0) is 40.4. The van der Waals surface area contributed by atoms with Gasteiger partial charge in [-0.15, -0.1) is 0 Å². The predicted octanol–water partition coefficient (Wildman–Crippen LogP) is 3.17. The molecule has 0 radical (unpaired) electrons. The molecule has 3 aromatic rings. The molecular formula is C35H48N5O14P. The number of fused-ring (bicyclic) bond motifs is 1. The van der Waals surface area contributed by atoms with Crippen molar-refractivity contribution in [3.63, 3.8) is 0 Å². The number of carbonyl (C=O) groups is 4. The Labute approximate surface area is 318 Å². The van der Waals surface area contributed by atoms with Crippen LogP contribution < -0.4 is 14.9 Å². The van der Waals surface area contributed by atoms with Crippen molar-refractivity contribution in [3.05, 3.63) is 54.5 Å². The van der Waals surface area contributed by atoms with Crippen LogP contribution in [0.15, 0.2) is 48.8 Å². The zero-order valence-corrected chi connectivity index (χ0v) is 32.9. The van der Waals surface area contributed by atoms with Gasteiger partial charge in [0.2, 0.25) is 0 Å². The summed E-state index contributed by atoms with van der Waals surface area (Å²) < 4.78 is 66.5. The minimum Gasteiger partial charge on any atom is -0.462 e. The molecular weight excluding hydrogens is 745 g/mol. The van der Waals surface area contributed by atoms with Crippen LogP contribution in [0, 0.1) is 0 Å². The number of ether oxygens (including phenoxy) is 7. The first-order chi connectivity index (χ1) is 26.1. The van der Waals surface area contributed by atoms with E-state index in [-0.39, 0.29) is 17.3 Å². The first-order valence-electron chi connectivity index (χ1n) is 17.4. The predicted molar refractivity (Wildman–Crippen MR) is 193 cm³/mol. The van der Waals surface area contributed by atoms with E-state index < -0.39 is 93.0 Å². The molecule has 302 valence electrons. The molecule has 2 aromatic heterocycles. The van der Waals surface area contributed by atoms with E-state index >= 15 is 0 Å². The Balaban J connectivity index is 1.76. The molecule has 1 fully saturated rings. The number of nitrogens with zero attached hydrogens (tertiary/aromatic N) is 3. The zero-order valence-electron chi connectivity index (χ0n) is 32.0. The summed E-state index contributed by atoms with van der Waals surface area (Å²) in [6, 6.07) is 10.1. The molecule has 19 nitrogen and oxygen atoms in total. The summed E-state index contributed by atoms with van der Waals surface area (Å²) in [5.41, 5.74) is 0.618. The Bertz CT molecular complexity index is 1830. The minimum atomic E-state index is -4.45. The number of esters is 3. The van der Waals surface area contributed by atoms with Crippen LogP contribution in [-0.4, -0.2) is 115 Å². The summed E-state index contributed by atoms with van der Waals surface area (Å²) in [4.78, 5) is 56.1. The van der Waals surface area contributed by atoms with Gasteiger partial charge in [0.25, 0.3) is 5.91 Å². The van der Waals surface area contributed by atoms with Crippen LogP contribution in [0.1, 0.15) is 53.3 Å². The van der Waals surface area contributed by atoms with Gasteiger partial charge in [-0.2, -0.15) is 10.2 Å². The van der Waals surface area contributed by atoms with E-state index in [9.17, 15) is 23.7 Å². The number of aromatic nitrogens is 3. The maximum atomic E-state index is 14.4. The summed E-state index contributed by atoms with van der Waals surface area (Å²) in [7, 11) is -0.439. The third-order valence-electron chi connectivity index (χ3n) is 8.36. The van der Waals surface area contributed by atoms with Gasteiger partial charge in [0.15, 0.2) is 30.2 Å². The van der Waals surface area contributed by atoms with Gasteiger partial charge < -0.3 is 43.0 Å². The van der Waals surface area contributed by atoms with Crippen LogP contribution in [0.2, 0.25) is 0 Å². The SMILES string of the molecule is COC(C)C(=O)OC1C(c2ccc3c(NC(=O)[C@@H](C)OC)ncnn23)OC(CO[P@@](=O)(N[C@@H](C)C(=O)OC(C)C)Oc2ccccc2)C1OC(=O)[C@@H](C)OC. The van der Waals surface area contributed by atoms with Crippen LogP contribution in [0.25, 0.3) is 5.52 Å². The maximum Gasteiger partial charge on any atom is 0.459 e. The molecule has 1 saturated heterocycles. The Morgan fingerprint density at radius 2 is 1.45 bits per heavy atom. The van der Waals surface area contributed by atoms with E-state index in [2.05, 4.69) is 20.5 Å². The summed E-state index contributed by atoms with van der Waals surface area (Å²) in [6.07, 6.45) is -7.47. The number of anilines is 1. The van der Waals surface area contributed by atoms with E-state index in [4.69, 9.17) is 42.2 Å². The topological polar surface area (TPSA) is 223 Å². The van der Waals surface area contributed by atoms with Gasteiger partial charge in [-0.25, -0.2) is 23.7 Å². The van der Waals surface area contributed by atoms with E-state index in [1.165, 1.54) is 65.1 Å². The number of hydrogen-bond donors (Lipinski definition) is 2. The third kappa shape index (κ3) is 11.1. The van der Waals surface area contributed by atoms with Gasteiger partial charge in [-0.3, -0.25) is 14.1 Å². The number of hydrogen-bond acceptors (Lipinski definition) is 16. The molecule has 55 heavy (non-hydrogen) atoms. The van der Waals surface area contributed by atoms with Crippen molar-refractivity contribution in [1.29, 1.82) is 0 Å². The molecule has 1 aliphatic heterocycles. The summed E-state index contributed by atoms with van der Waals surface area (Å²) in [6.45, 7) is 8.64. The third-order valence-corrected chi connectivity index (χ3v) is 10.0. The molecule has 2 N–H and O–H groups in total. The molecule has 3 heterocycles. The molecule has 1 aromatic carbocycles. The highest BCUT2D eigenvalue weighted by Gasteiger charge is 2.53. The monoisotopic (exact) mass is 793 g/mol.